The van der Waals surface area contributed by atoms with E-state index in [4.69, 9.17) is 4.74 Å². The third-order valence-electron chi connectivity index (χ3n) is 6.28. The third kappa shape index (κ3) is 5.67. The standard InChI is InChI=1S/C25H33F3O/c1-3-5-6-8-18-10-13-22(14-11-18)25(27,28)29-24-17-20-12-9-19(7-4-2)15-21(20)16-23(24)26/h9,12,15-18,22H,3-8,10-11,13-14H2,1-2H3. The Labute approximate surface area is 172 Å². The van der Waals surface area contributed by atoms with Crippen molar-refractivity contribution in [2.24, 2.45) is 11.8 Å². The summed E-state index contributed by atoms with van der Waals surface area (Å²) in [5.74, 6) is -1.37. The molecule has 0 spiro atoms. The smallest absolute Gasteiger partial charge is 0.400 e. The number of rotatable bonds is 9. The van der Waals surface area contributed by atoms with E-state index in [1.165, 1.54) is 31.4 Å². The van der Waals surface area contributed by atoms with Gasteiger partial charge >= 0.3 is 6.11 Å². The van der Waals surface area contributed by atoms with Crippen molar-refractivity contribution in [2.45, 2.75) is 84.2 Å². The molecule has 1 nitrogen and oxygen atoms in total. The molecule has 2 aromatic carbocycles. The van der Waals surface area contributed by atoms with Crippen LogP contribution in [-0.4, -0.2) is 6.11 Å². The second-order valence-electron chi connectivity index (χ2n) is 8.59. The summed E-state index contributed by atoms with van der Waals surface area (Å²) in [6.45, 7) is 4.26. The predicted molar refractivity (Wildman–Crippen MR) is 113 cm³/mol. The molecule has 0 bridgehead atoms. The van der Waals surface area contributed by atoms with E-state index in [0.29, 0.717) is 18.8 Å². The lowest BCUT2D eigenvalue weighted by molar-refractivity contribution is -0.224. The summed E-state index contributed by atoms with van der Waals surface area (Å²) in [5.41, 5.74) is 1.12. The average molecular weight is 407 g/mol. The van der Waals surface area contributed by atoms with Gasteiger partial charge in [0.15, 0.2) is 11.6 Å². The van der Waals surface area contributed by atoms with Crippen LogP contribution in [0.1, 0.15) is 77.2 Å². The lowest BCUT2D eigenvalue weighted by Crippen LogP contribution is -2.37. The highest BCUT2D eigenvalue weighted by atomic mass is 19.3. The number of ether oxygens (including phenoxy) is 1. The van der Waals surface area contributed by atoms with Crippen LogP contribution in [0, 0.1) is 17.7 Å². The van der Waals surface area contributed by atoms with Crippen LogP contribution in [0.2, 0.25) is 0 Å². The first-order valence-electron chi connectivity index (χ1n) is 11.2. The Bertz CT molecular complexity index is 794. The molecule has 29 heavy (non-hydrogen) atoms. The van der Waals surface area contributed by atoms with Gasteiger partial charge in [0.2, 0.25) is 0 Å². The van der Waals surface area contributed by atoms with Crippen molar-refractivity contribution in [3.8, 4) is 5.75 Å². The third-order valence-corrected chi connectivity index (χ3v) is 6.28. The number of alkyl halides is 2. The molecular weight excluding hydrogens is 373 g/mol. The van der Waals surface area contributed by atoms with Crippen molar-refractivity contribution in [1.29, 1.82) is 0 Å². The van der Waals surface area contributed by atoms with Crippen molar-refractivity contribution in [1.82, 2.24) is 0 Å². The quantitative estimate of drug-likeness (QED) is 0.381. The van der Waals surface area contributed by atoms with Gasteiger partial charge in [-0.05, 0) is 66.5 Å². The maximum atomic E-state index is 14.8. The van der Waals surface area contributed by atoms with E-state index in [1.54, 1.807) is 0 Å². The minimum Gasteiger partial charge on any atom is -0.429 e. The van der Waals surface area contributed by atoms with E-state index in [1.807, 2.05) is 18.2 Å². The number of fused-ring (bicyclic) bond motifs is 1. The predicted octanol–water partition coefficient (Wildman–Crippen LogP) is 8.29. The summed E-state index contributed by atoms with van der Waals surface area (Å²) in [6.07, 6.45) is 5.79. The van der Waals surface area contributed by atoms with Gasteiger partial charge in [0, 0.05) is 0 Å². The molecule has 0 amide bonds. The summed E-state index contributed by atoms with van der Waals surface area (Å²) < 4.78 is 49.1. The lowest BCUT2D eigenvalue weighted by Gasteiger charge is -2.33. The summed E-state index contributed by atoms with van der Waals surface area (Å²) in [4.78, 5) is 0. The van der Waals surface area contributed by atoms with Crippen LogP contribution >= 0.6 is 0 Å². The lowest BCUT2D eigenvalue weighted by atomic mass is 9.79. The van der Waals surface area contributed by atoms with Crippen molar-refractivity contribution < 1.29 is 17.9 Å². The molecule has 3 rings (SSSR count). The van der Waals surface area contributed by atoms with Crippen LogP contribution in [0.25, 0.3) is 10.8 Å². The van der Waals surface area contributed by atoms with Gasteiger partial charge in [-0.1, -0.05) is 64.2 Å². The molecule has 1 aliphatic rings. The first kappa shape index (κ1) is 22.0. The molecule has 1 saturated carbocycles. The first-order valence-corrected chi connectivity index (χ1v) is 11.2. The normalized spacial score (nSPS) is 20.2. The summed E-state index contributed by atoms with van der Waals surface area (Å²) >= 11 is 0. The average Bonchev–Trinajstić information content (AvgIpc) is 2.69. The van der Waals surface area contributed by atoms with Crippen LogP contribution in [0.5, 0.6) is 5.75 Å². The van der Waals surface area contributed by atoms with E-state index >= 15 is 0 Å². The van der Waals surface area contributed by atoms with Crippen LogP contribution in [-0.2, 0) is 6.42 Å². The molecule has 0 N–H and O–H groups in total. The Morgan fingerprint density at radius 2 is 1.69 bits per heavy atom. The van der Waals surface area contributed by atoms with E-state index < -0.39 is 17.8 Å². The van der Waals surface area contributed by atoms with Crippen molar-refractivity contribution >= 4 is 10.8 Å². The Morgan fingerprint density at radius 3 is 2.38 bits per heavy atom. The molecule has 4 heteroatoms. The summed E-state index contributed by atoms with van der Waals surface area (Å²) in [6, 6.07) is 8.45. The molecule has 0 heterocycles. The number of hydrogen-bond donors (Lipinski definition) is 0. The van der Waals surface area contributed by atoms with E-state index in [2.05, 4.69) is 13.8 Å². The molecule has 0 radical (unpaired) electrons. The minimum atomic E-state index is -3.34. The largest absolute Gasteiger partial charge is 0.429 e. The zero-order valence-electron chi connectivity index (χ0n) is 17.7. The van der Waals surface area contributed by atoms with Crippen LogP contribution < -0.4 is 4.74 Å². The molecule has 0 aliphatic heterocycles. The van der Waals surface area contributed by atoms with Gasteiger partial charge in [0.25, 0.3) is 0 Å². The van der Waals surface area contributed by atoms with Gasteiger partial charge in [0.1, 0.15) is 0 Å². The van der Waals surface area contributed by atoms with Gasteiger partial charge in [0.05, 0.1) is 5.92 Å². The number of unbranched alkanes of at least 4 members (excludes halogenated alkanes) is 2. The van der Waals surface area contributed by atoms with Crippen molar-refractivity contribution in [3.05, 3.63) is 41.7 Å². The minimum absolute atomic E-state index is 0.351. The van der Waals surface area contributed by atoms with Crippen LogP contribution in [0.15, 0.2) is 30.3 Å². The number of benzene rings is 2. The van der Waals surface area contributed by atoms with Gasteiger partial charge in [-0.15, -0.1) is 0 Å². The highest BCUT2D eigenvalue weighted by Gasteiger charge is 2.44. The van der Waals surface area contributed by atoms with Crippen molar-refractivity contribution in [3.63, 3.8) is 0 Å². The summed E-state index contributed by atoms with van der Waals surface area (Å²) in [7, 11) is 0. The van der Waals surface area contributed by atoms with Gasteiger partial charge in [-0.3, -0.25) is 0 Å². The van der Waals surface area contributed by atoms with Crippen LogP contribution in [0.4, 0.5) is 13.2 Å². The Hall–Kier alpha value is -1.71. The summed E-state index contributed by atoms with van der Waals surface area (Å²) in [5, 5.41) is 1.44. The molecule has 0 unspecified atom stereocenters. The number of halogens is 3. The molecule has 160 valence electrons. The Kier molecular flexibility index (Phi) is 7.48. The second kappa shape index (κ2) is 9.86. The molecule has 1 aliphatic carbocycles. The topological polar surface area (TPSA) is 9.23 Å². The second-order valence-corrected chi connectivity index (χ2v) is 8.59. The first-order chi connectivity index (χ1) is 13.9. The van der Waals surface area contributed by atoms with Crippen molar-refractivity contribution in [2.75, 3.05) is 0 Å². The maximum absolute atomic E-state index is 14.8. The zero-order valence-corrected chi connectivity index (χ0v) is 17.7. The van der Waals surface area contributed by atoms with E-state index in [-0.39, 0.29) is 5.75 Å². The Morgan fingerprint density at radius 1 is 0.931 bits per heavy atom. The number of aryl methyl sites for hydroxylation is 1. The highest BCUT2D eigenvalue weighted by molar-refractivity contribution is 5.84. The monoisotopic (exact) mass is 406 g/mol. The molecule has 0 saturated heterocycles. The highest BCUT2D eigenvalue weighted by Crippen LogP contribution is 2.42. The Balaban J connectivity index is 1.66. The molecule has 0 atom stereocenters. The molecule has 0 aromatic heterocycles. The maximum Gasteiger partial charge on any atom is 0.400 e. The molecule has 1 fully saturated rings. The van der Waals surface area contributed by atoms with Crippen LogP contribution in [0.3, 0.4) is 0 Å². The number of hydrogen-bond acceptors (Lipinski definition) is 1. The fraction of sp³-hybridized carbons (Fsp3) is 0.600. The zero-order chi connectivity index (χ0) is 20.9. The van der Waals surface area contributed by atoms with E-state index in [9.17, 15) is 13.2 Å². The van der Waals surface area contributed by atoms with Gasteiger partial charge in [-0.2, -0.15) is 8.78 Å². The SMILES string of the molecule is CCCCCC1CCC(C(F)(F)Oc2cc3ccc(CCC)cc3cc2F)CC1. The fourth-order valence-electron chi connectivity index (χ4n) is 4.52. The fourth-order valence-corrected chi connectivity index (χ4v) is 4.52. The van der Waals surface area contributed by atoms with Gasteiger partial charge in [-0.25, -0.2) is 4.39 Å². The van der Waals surface area contributed by atoms with Gasteiger partial charge < -0.3 is 4.74 Å². The molecule has 2 aromatic rings. The van der Waals surface area contributed by atoms with E-state index in [0.717, 1.165) is 48.4 Å². The molecular formula is C25H33F3O.